The van der Waals surface area contributed by atoms with Gasteiger partial charge in [-0.05, 0) is 55.6 Å². The maximum atomic E-state index is 12.0. The second-order valence-electron chi connectivity index (χ2n) is 8.04. The first-order valence-electron chi connectivity index (χ1n) is 8.68. The minimum atomic E-state index is -0.635. The van der Waals surface area contributed by atoms with Gasteiger partial charge in [-0.15, -0.1) is 10.2 Å². The van der Waals surface area contributed by atoms with E-state index in [2.05, 4.69) is 15.4 Å². The normalized spacial score (nSPS) is 36.8. The Labute approximate surface area is 139 Å². The van der Waals surface area contributed by atoms with Gasteiger partial charge in [0, 0.05) is 5.56 Å². The van der Waals surface area contributed by atoms with Crippen LogP contribution < -0.4 is 0 Å². The largest absolute Gasteiger partial charge is 0.481 e. The summed E-state index contributed by atoms with van der Waals surface area (Å²) in [5.74, 6) is 0.946. The highest BCUT2D eigenvalue weighted by Crippen LogP contribution is 2.63. The van der Waals surface area contributed by atoms with Crippen LogP contribution in [0.4, 0.5) is 0 Å². The number of aliphatic carboxylic acids is 1. The van der Waals surface area contributed by atoms with Crippen LogP contribution in [0, 0.1) is 17.3 Å². The Morgan fingerprint density at radius 2 is 1.83 bits per heavy atom. The van der Waals surface area contributed by atoms with Crippen molar-refractivity contribution in [2.75, 3.05) is 0 Å². The van der Waals surface area contributed by atoms with E-state index in [0.29, 0.717) is 24.1 Å². The molecule has 6 nitrogen and oxygen atoms in total. The van der Waals surface area contributed by atoms with E-state index in [0.717, 1.165) is 37.7 Å². The molecule has 24 heavy (non-hydrogen) atoms. The van der Waals surface area contributed by atoms with Gasteiger partial charge in [0.15, 0.2) is 0 Å². The number of hydrogen-bond acceptors (Lipinski definition) is 4. The van der Waals surface area contributed by atoms with Gasteiger partial charge in [-0.1, -0.05) is 30.3 Å². The smallest absolute Gasteiger partial charge is 0.309 e. The summed E-state index contributed by atoms with van der Waals surface area (Å²) < 4.78 is 0. The molecule has 0 aliphatic heterocycles. The fourth-order valence-electron chi connectivity index (χ4n) is 5.82. The summed E-state index contributed by atoms with van der Waals surface area (Å²) >= 11 is 0. The molecule has 1 aromatic heterocycles. The Kier molecular flexibility index (Phi) is 2.74. The summed E-state index contributed by atoms with van der Waals surface area (Å²) in [7, 11) is 0. The average molecular weight is 324 g/mol. The molecule has 2 aromatic rings. The lowest BCUT2D eigenvalue weighted by molar-refractivity contribution is -0.174. The molecule has 4 fully saturated rings. The van der Waals surface area contributed by atoms with Crippen molar-refractivity contribution in [2.24, 2.45) is 17.3 Å². The van der Waals surface area contributed by atoms with Crippen molar-refractivity contribution in [1.29, 1.82) is 0 Å². The number of carboxylic acid groups (broad SMARTS) is 1. The number of nitrogens with zero attached hydrogens (tertiary/aromatic N) is 4. The maximum Gasteiger partial charge on any atom is 0.309 e. The van der Waals surface area contributed by atoms with Crippen LogP contribution in [0.25, 0.3) is 11.4 Å². The van der Waals surface area contributed by atoms with E-state index in [1.165, 1.54) is 0 Å². The molecule has 6 heteroatoms. The lowest BCUT2D eigenvalue weighted by Gasteiger charge is -2.59. The van der Waals surface area contributed by atoms with Crippen LogP contribution >= 0.6 is 0 Å². The minimum absolute atomic E-state index is 0.261. The SMILES string of the molecule is O=C(O)C12C[C@@H]3C[C@@H](C1)CC(n1nnc(-c4ccccc4)n1)(C3)C2. The third kappa shape index (κ3) is 1.88. The highest BCUT2D eigenvalue weighted by atomic mass is 16.4. The van der Waals surface area contributed by atoms with Crippen molar-refractivity contribution >= 4 is 5.97 Å². The second-order valence-corrected chi connectivity index (χ2v) is 8.04. The first kappa shape index (κ1) is 14.1. The first-order valence-corrected chi connectivity index (χ1v) is 8.68. The zero-order valence-electron chi connectivity index (χ0n) is 13.4. The van der Waals surface area contributed by atoms with Gasteiger partial charge in [0.2, 0.25) is 5.82 Å². The van der Waals surface area contributed by atoms with E-state index >= 15 is 0 Å². The predicted octanol–water partition coefficient (Wildman–Crippen LogP) is 2.72. The molecule has 4 saturated carbocycles. The predicted molar refractivity (Wildman–Crippen MR) is 86.0 cm³/mol. The molecule has 0 radical (unpaired) electrons. The van der Waals surface area contributed by atoms with Gasteiger partial charge < -0.3 is 5.11 Å². The number of rotatable bonds is 3. The Morgan fingerprint density at radius 1 is 1.12 bits per heavy atom. The van der Waals surface area contributed by atoms with Crippen LogP contribution in [0.15, 0.2) is 30.3 Å². The van der Waals surface area contributed by atoms with Crippen molar-refractivity contribution in [3.05, 3.63) is 30.3 Å². The van der Waals surface area contributed by atoms with Gasteiger partial charge >= 0.3 is 5.97 Å². The fourth-order valence-corrected chi connectivity index (χ4v) is 5.82. The van der Waals surface area contributed by atoms with Gasteiger partial charge in [-0.3, -0.25) is 4.79 Å². The van der Waals surface area contributed by atoms with Crippen molar-refractivity contribution in [1.82, 2.24) is 20.2 Å². The molecule has 1 N–H and O–H groups in total. The number of benzene rings is 1. The van der Waals surface area contributed by atoms with Crippen molar-refractivity contribution in [3.63, 3.8) is 0 Å². The first-order chi connectivity index (χ1) is 11.6. The molecule has 0 saturated heterocycles. The van der Waals surface area contributed by atoms with Crippen LogP contribution in [0.5, 0.6) is 0 Å². The Balaban J connectivity index is 1.55. The topological polar surface area (TPSA) is 80.9 Å². The van der Waals surface area contributed by atoms with E-state index in [-0.39, 0.29) is 5.54 Å². The molecule has 1 heterocycles. The zero-order chi connectivity index (χ0) is 16.4. The standard InChI is InChI=1S/C18H20N4O2/c23-16(24)17-7-12-6-13(8-17)10-18(9-12,11-17)22-20-15(19-21-22)14-4-2-1-3-5-14/h1-5,12-13H,6-11H2,(H,23,24)/t12-,13-,17?,18?/m0/s1. The molecule has 124 valence electrons. The summed E-state index contributed by atoms with van der Waals surface area (Å²) in [4.78, 5) is 13.7. The third-order valence-electron chi connectivity index (χ3n) is 6.35. The zero-order valence-corrected chi connectivity index (χ0v) is 13.4. The monoisotopic (exact) mass is 324 g/mol. The molecular weight excluding hydrogens is 304 g/mol. The minimum Gasteiger partial charge on any atom is -0.481 e. The lowest BCUT2D eigenvalue weighted by Crippen LogP contribution is -2.59. The molecule has 6 rings (SSSR count). The molecule has 4 aliphatic rings. The summed E-state index contributed by atoms with van der Waals surface area (Å²) in [5.41, 5.74) is 0.106. The molecule has 0 amide bonds. The van der Waals surface area contributed by atoms with Crippen LogP contribution in [0.1, 0.15) is 38.5 Å². The van der Waals surface area contributed by atoms with E-state index in [1.807, 2.05) is 30.3 Å². The summed E-state index contributed by atoms with van der Waals surface area (Å²) in [6.45, 7) is 0. The molecule has 4 bridgehead atoms. The second kappa shape index (κ2) is 4.65. The number of carbonyl (C=O) groups is 1. The molecular formula is C18H20N4O2. The van der Waals surface area contributed by atoms with Crippen molar-refractivity contribution in [3.8, 4) is 11.4 Å². The average Bonchev–Trinajstić information content (AvgIpc) is 3.05. The summed E-state index contributed by atoms with van der Waals surface area (Å²) in [6.07, 6.45) is 5.43. The molecule has 1 aromatic carbocycles. The molecule has 0 unspecified atom stereocenters. The molecule has 0 spiro atoms. The van der Waals surface area contributed by atoms with Crippen LogP contribution in [0.3, 0.4) is 0 Å². The van der Waals surface area contributed by atoms with Crippen LogP contribution in [0.2, 0.25) is 0 Å². The highest BCUT2D eigenvalue weighted by molar-refractivity contribution is 5.75. The Morgan fingerprint density at radius 3 is 2.50 bits per heavy atom. The van der Waals surface area contributed by atoms with E-state index < -0.39 is 11.4 Å². The summed E-state index contributed by atoms with van der Waals surface area (Å²) in [6, 6.07) is 9.82. The molecule has 2 atom stereocenters. The summed E-state index contributed by atoms with van der Waals surface area (Å²) in [5, 5.41) is 23.1. The van der Waals surface area contributed by atoms with Gasteiger partial charge in [0.25, 0.3) is 0 Å². The number of carboxylic acids is 1. The third-order valence-corrected chi connectivity index (χ3v) is 6.35. The number of tetrazole rings is 1. The molecule has 4 aliphatic carbocycles. The number of hydrogen-bond donors (Lipinski definition) is 1. The van der Waals surface area contributed by atoms with E-state index in [9.17, 15) is 9.90 Å². The van der Waals surface area contributed by atoms with Gasteiger partial charge in [0.1, 0.15) is 0 Å². The lowest BCUT2D eigenvalue weighted by atomic mass is 9.47. The quantitative estimate of drug-likeness (QED) is 0.939. The van der Waals surface area contributed by atoms with Crippen LogP contribution in [-0.2, 0) is 10.3 Å². The van der Waals surface area contributed by atoms with Gasteiger partial charge in [-0.2, -0.15) is 4.80 Å². The van der Waals surface area contributed by atoms with Crippen LogP contribution in [-0.4, -0.2) is 31.3 Å². The highest BCUT2D eigenvalue weighted by Gasteiger charge is 2.62. The Hall–Kier alpha value is -2.24. The fraction of sp³-hybridized carbons (Fsp3) is 0.556. The number of aromatic nitrogens is 4. The van der Waals surface area contributed by atoms with Crippen molar-refractivity contribution < 1.29 is 9.90 Å². The van der Waals surface area contributed by atoms with Gasteiger partial charge in [0.05, 0.1) is 11.0 Å². The maximum absolute atomic E-state index is 12.0. The van der Waals surface area contributed by atoms with E-state index in [4.69, 9.17) is 0 Å². The Bertz CT molecular complexity index is 786. The van der Waals surface area contributed by atoms with E-state index in [1.54, 1.807) is 4.80 Å². The van der Waals surface area contributed by atoms with Gasteiger partial charge in [-0.25, -0.2) is 0 Å². The van der Waals surface area contributed by atoms with Crippen molar-refractivity contribution in [2.45, 2.75) is 44.1 Å².